The van der Waals surface area contributed by atoms with E-state index in [1.807, 2.05) is 39.0 Å². The Balaban J connectivity index is 1.67. The summed E-state index contributed by atoms with van der Waals surface area (Å²) in [5.41, 5.74) is 1.78. The number of rotatable bonds is 6. The van der Waals surface area contributed by atoms with Crippen LogP contribution in [0.2, 0.25) is 0 Å². The van der Waals surface area contributed by atoms with Crippen molar-refractivity contribution in [1.29, 1.82) is 0 Å². The van der Waals surface area contributed by atoms with Crippen LogP contribution in [-0.2, 0) is 16.0 Å². The molecular formula is C22H28N2O5. The zero-order valence-corrected chi connectivity index (χ0v) is 17.5. The number of aryl methyl sites for hydroxylation is 1. The van der Waals surface area contributed by atoms with Crippen LogP contribution >= 0.6 is 0 Å². The highest BCUT2D eigenvalue weighted by Crippen LogP contribution is 2.37. The van der Waals surface area contributed by atoms with Crippen molar-refractivity contribution in [2.24, 2.45) is 0 Å². The van der Waals surface area contributed by atoms with Crippen molar-refractivity contribution in [2.75, 3.05) is 19.5 Å². The Bertz CT molecular complexity index is 853. The van der Waals surface area contributed by atoms with Gasteiger partial charge in [0.25, 0.3) is 0 Å². The third-order valence-electron chi connectivity index (χ3n) is 4.60. The summed E-state index contributed by atoms with van der Waals surface area (Å²) in [6.45, 7) is 5.98. The van der Waals surface area contributed by atoms with Gasteiger partial charge in [-0.05, 0) is 56.2 Å². The van der Waals surface area contributed by atoms with Crippen LogP contribution in [-0.4, -0.2) is 37.1 Å². The number of hydroxylamine groups is 2. The summed E-state index contributed by atoms with van der Waals surface area (Å²) < 4.78 is 18.0. The second-order valence-electron chi connectivity index (χ2n) is 7.41. The van der Waals surface area contributed by atoms with E-state index in [-0.39, 0.29) is 12.1 Å². The molecule has 156 valence electrons. The van der Waals surface area contributed by atoms with Crippen LogP contribution in [0.3, 0.4) is 0 Å². The van der Waals surface area contributed by atoms with Gasteiger partial charge in [0.05, 0.1) is 13.2 Å². The van der Waals surface area contributed by atoms with E-state index in [1.165, 1.54) is 14.2 Å². The molecule has 1 aliphatic rings. The Morgan fingerprint density at radius 2 is 1.86 bits per heavy atom. The average Bonchev–Trinajstić information content (AvgIpc) is 2.67. The molecule has 2 aromatic rings. The molecule has 7 nitrogen and oxygen atoms in total. The fourth-order valence-electron chi connectivity index (χ4n) is 3.15. The fraction of sp³-hybridized carbons (Fsp3) is 0.409. The Kier molecular flexibility index (Phi) is 6.30. The van der Waals surface area contributed by atoms with Crippen molar-refractivity contribution >= 4 is 11.7 Å². The third kappa shape index (κ3) is 5.40. The number of carbonyl (C=O) groups is 1. The minimum Gasteiger partial charge on any atom is -0.462 e. The van der Waals surface area contributed by atoms with E-state index in [4.69, 9.17) is 19.0 Å². The van der Waals surface area contributed by atoms with Crippen LogP contribution in [0.5, 0.6) is 17.2 Å². The average molecular weight is 400 g/mol. The topological polar surface area (TPSA) is 69.3 Å². The minimum atomic E-state index is -0.630. The molecule has 0 spiro atoms. The summed E-state index contributed by atoms with van der Waals surface area (Å²) in [6.07, 6.45) is 1.79. The molecule has 0 aliphatic carbocycles. The van der Waals surface area contributed by atoms with Crippen LogP contribution in [0.25, 0.3) is 0 Å². The van der Waals surface area contributed by atoms with Gasteiger partial charge in [0.1, 0.15) is 17.2 Å². The molecule has 0 saturated carbocycles. The number of nitrogens with one attached hydrogen (secondary N) is 1. The summed E-state index contributed by atoms with van der Waals surface area (Å²) in [5.74, 6) is 1.48. The molecule has 29 heavy (non-hydrogen) atoms. The number of benzene rings is 2. The maximum Gasteiger partial charge on any atom is 0.345 e. The van der Waals surface area contributed by atoms with E-state index in [0.29, 0.717) is 17.2 Å². The van der Waals surface area contributed by atoms with E-state index in [1.54, 1.807) is 24.3 Å². The van der Waals surface area contributed by atoms with Crippen molar-refractivity contribution in [1.82, 2.24) is 5.06 Å². The quantitative estimate of drug-likeness (QED) is 0.693. The Labute approximate surface area is 171 Å². The third-order valence-corrected chi connectivity index (χ3v) is 4.60. The lowest BCUT2D eigenvalue weighted by molar-refractivity contribution is -0.200. The number of hydrogen-bond acceptors (Lipinski definition) is 5. The molecule has 0 radical (unpaired) electrons. The van der Waals surface area contributed by atoms with E-state index >= 15 is 0 Å². The van der Waals surface area contributed by atoms with Crippen LogP contribution in [0.15, 0.2) is 42.5 Å². The fourth-order valence-corrected chi connectivity index (χ4v) is 3.15. The molecule has 0 bridgehead atoms. The first-order valence-corrected chi connectivity index (χ1v) is 9.64. The van der Waals surface area contributed by atoms with E-state index in [2.05, 4.69) is 5.32 Å². The van der Waals surface area contributed by atoms with Gasteiger partial charge in [-0.25, -0.2) is 9.86 Å². The predicted octanol–water partition coefficient (Wildman–Crippen LogP) is 4.97. The van der Waals surface area contributed by atoms with Gasteiger partial charge < -0.3 is 19.5 Å². The van der Waals surface area contributed by atoms with Crippen molar-refractivity contribution in [3.8, 4) is 17.2 Å². The normalized spacial score (nSPS) is 18.0. The van der Waals surface area contributed by atoms with Gasteiger partial charge in [0.2, 0.25) is 5.79 Å². The maximum absolute atomic E-state index is 11.8. The number of ether oxygens (including phenoxy) is 3. The number of urea groups is 1. The first kappa shape index (κ1) is 21.0. The zero-order chi connectivity index (χ0) is 21.0. The molecule has 1 atom stereocenters. The summed E-state index contributed by atoms with van der Waals surface area (Å²) in [6, 6.07) is 12.6. The number of nitrogens with zero attached hydrogens (tertiary/aromatic N) is 1. The molecule has 2 aromatic carbocycles. The van der Waals surface area contributed by atoms with Crippen LogP contribution in [0, 0.1) is 0 Å². The van der Waals surface area contributed by atoms with Crippen LogP contribution < -0.4 is 14.8 Å². The van der Waals surface area contributed by atoms with Crippen LogP contribution in [0.4, 0.5) is 10.5 Å². The van der Waals surface area contributed by atoms with E-state index in [0.717, 1.165) is 29.2 Å². The molecule has 1 N–H and O–H groups in total. The van der Waals surface area contributed by atoms with Crippen molar-refractivity contribution in [3.63, 3.8) is 0 Å². The van der Waals surface area contributed by atoms with Gasteiger partial charge >= 0.3 is 6.03 Å². The first-order valence-electron chi connectivity index (χ1n) is 9.64. The highest BCUT2D eigenvalue weighted by atomic mass is 16.7. The zero-order valence-electron chi connectivity index (χ0n) is 17.5. The maximum atomic E-state index is 11.8. The van der Waals surface area contributed by atoms with E-state index in [9.17, 15) is 4.79 Å². The number of fused-ring (bicyclic) bond motifs is 1. The second-order valence-corrected chi connectivity index (χ2v) is 7.41. The SMILES string of the molecule is CON(C)C(=O)Nc1ccc(Oc2ccc3c(c2)OC(C)(OC(C)C)CC3)cc1. The molecule has 1 aliphatic heterocycles. The first-order chi connectivity index (χ1) is 13.8. The number of hydrogen-bond donors (Lipinski definition) is 1. The van der Waals surface area contributed by atoms with Crippen LogP contribution in [0.1, 0.15) is 32.8 Å². The Hall–Kier alpha value is -2.77. The van der Waals surface area contributed by atoms with Crippen molar-refractivity contribution in [2.45, 2.75) is 45.5 Å². The minimum absolute atomic E-state index is 0.0867. The van der Waals surface area contributed by atoms with Gasteiger partial charge in [-0.1, -0.05) is 6.07 Å². The standard InChI is InChI=1S/C22H28N2O5/c1-15(2)28-22(3)13-12-16-6-9-19(14-20(16)29-22)27-18-10-7-17(8-11-18)23-21(25)24(4)26-5/h6-11,14-15H,12-13H2,1-5H3,(H,23,25). The lowest BCUT2D eigenvalue weighted by atomic mass is 10.0. The van der Waals surface area contributed by atoms with Gasteiger partial charge in [-0.3, -0.25) is 4.84 Å². The highest BCUT2D eigenvalue weighted by Gasteiger charge is 2.33. The van der Waals surface area contributed by atoms with E-state index < -0.39 is 5.79 Å². The second kappa shape index (κ2) is 8.71. The summed E-state index contributed by atoms with van der Waals surface area (Å²) >= 11 is 0. The molecular weight excluding hydrogens is 372 g/mol. The van der Waals surface area contributed by atoms with Gasteiger partial charge in [-0.15, -0.1) is 0 Å². The summed E-state index contributed by atoms with van der Waals surface area (Å²) in [5, 5.41) is 3.83. The number of amides is 2. The monoisotopic (exact) mass is 400 g/mol. The largest absolute Gasteiger partial charge is 0.462 e. The molecule has 0 saturated heterocycles. The summed E-state index contributed by atoms with van der Waals surface area (Å²) in [4.78, 5) is 16.7. The molecule has 1 unspecified atom stereocenters. The lowest BCUT2D eigenvalue weighted by Gasteiger charge is -2.36. The molecule has 0 aromatic heterocycles. The lowest BCUT2D eigenvalue weighted by Crippen LogP contribution is -2.41. The van der Waals surface area contributed by atoms with Crippen molar-refractivity contribution in [3.05, 3.63) is 48.0 Å². The molecule has 3 rings (SSSR count). The van der Waals surface area contributed by atoms with Crippen molar-refractivity contribution < 1.29 is 23.8 Å². The Morgan fingerprint density at radius 1 is 1.17 bits per heavy atom. The number of anilines is 1. The van der Waals surface area contributed by atoms with Gasteiger partial charge in [0.15, 0.2) is 0 Å². The molecule has 2 amide bonds. The predicted molar refractivity (Wildman–Crippen MR) is 110 cm³/mol. The molecule has 1 heterocycles. The Morgan fingerprint density at radius 3 is 2.52 bits per heavy atom. The van der Waals surface area contributed by atoms with Gasteiger partial charge in [-0.2, -0.15) is 0 Å². The molecule has 7 heteroatoms. The molecule has 0 fully saturated rings. The number of carbonyl (C=O) groups excluding carboxylic acids is 1. The highest BCUT2D eigenvalue weighted by molar-refractivity contribution is 5.88. The summed E-state index contributed by atoms with van der Waals surface area (Å²) in [7, 11) is 2.96. The van der Waals surface area contributed by atoms with Gasteiger partial charge in [0, 0.05) is 32.1 Å². The smallest absolute Gasteiger partial charge is 0.345 e.